The summed E-state index contributed by atoms with van der Waals surface area (Å²) in [5.41, 5.74) is 5.83. The minimum atomic E-state index is 0.369. The highest BCUT2D eigenvalue weighted by molar-refractivity contribution is 7.80. The third-order valence-electron chi connectivity index (χ3n) is 3.99. The lowest BCUT2D eigenvalue weighted by Gasteiger charge is -2.24. The van der Waals surface area contributed by atoms with Crippen molar-refractivity contribution in [2.24, 2.45) is 11.8 Å². The zero-order valence-corrected chi connectivity index (χ0v) is 12.0. The van der Waals surface area contributed by atoms with Gasteiger partial charge in [0.1, 0.15) is 0 Å². The average Bonchev–Trinajstić information content (AvgIpc) is 3.00. The topological polar surface area (TPSA) is 61.9 Å². The average molecular weight is 298 g/mol. The summed E-state index contributed by atoms with van der Waals surface area (Å²) in [6.07, 6.45) is 5.33. The summed E-state index contributed by atoms with van der Waals surface area (Å²) in [5.74, 6) is 2.28. The predicted octanol–water partition coefficient (Wildman–Crippen LogP) is 2.11. The zero-order chi connectivity index (χ0) is 13.2. The van der Waals surface area contributed by atoms with Gasteiger partial charge >= 0.3 is 0 Å². The van der Waals surface area contributed by atoms with Crippen LogP contribution in [0, 0.1) is 11.8 Å². The number of hydrogen-bond acceptors (Lipinski definition) is 4. The van der Waals surface area contributed by atoms with E-state index in [4.69, 9.17) is 23.8 Å². The van der Waals surface area contributed by atoms with E-state index in [1.165, 1.54) is 25.7 Å². The van der Waals surface area contributed by atoms with Gasteiger partial charge in [-0.15, -0.1) is 10.2 Å². The molecule has 3 atom stereocenters. The summed E-state index contributed by atoms with van der Waals surface area (Å²) in [4.78, 5) is 0. The molecule has 5 nitrogen and oxygen atoms in total. The van der Waals surface area contributed by atoms with Crippen molar-refractivity contribution in [1.29, 1.82) is 0 Å². The van der Waals surface area contributed by atoms with Crippen LogP contribution in [0.25, 0.3) is 0 Å². The summed E-state index contributed by atoms with van der Waals surface area (Å²) in [7, 11) is 0. The van der Waals surface area contributed by atoms with Crippen molar-refractivity contribution in [2.75, 3.05) is 5.43 Å². The first-order chi connectivity index (χ1) is 9.20. The second kappa shape index (κ2) is 5.46. The first-order valence-corrected chi connectivity index (χ1v) is 7.31. The summed E-state index contributed by atoms with van der Waals surface area (Å²) in [6, 6.07) is 3.94. The molecular formula is C12H16ClN5S. The molecule has 2 aliphatic carbocycles. The predicted molar refractivity (Wildman–Crippen MR) is 78.8 cm³/mol. The van der Waals surface area contributed by atoms with Crippen LogP contribution in [0.1, 0.15) is 25.7 Å². The van der Waals surface area contributed by atoms with Gasteiger partial charge in [-0.05, 0) is 55.4 Å². The molecule has 7 heteroatoms. The summed E-state index contributed by atoms with van der Waals surface area (Å²) in [6.45, 7) is 0. The number of anilines is 1. The molecule has 0 unspecified atom stereocenters. The van der Waals surface area contributed by atoms with E-state index < -0.39 is 0 Å². The number of nitrogens with zero attached hydrogens (tertiary/aromatic N) is 2. The Morgan fingerprint density at radius 1 is 1.26 bits per heavy atom. The monoisotopic (exact) mass is 297 g/mol. The fourth-order valence-electron chi connectivity index (χ4n) is 3.13. The van der Waals surface area contributed by atoms with Gasteiger partial charge in [-0.3, -0.25) is 10.9 Å². The molecule has 0 aromatic carbocycles. The van der Waals surface area contributed by atoms with Crippen LogP contribution in [0.5, 0.6) is 0 Å². The Morgan fingerprint density at radius 2 is 2.16 bits per heavy atom. The molecule has 19 heavy (non-hydrogen) atoms. The number of rotatable bonds is 3. The molecule has 2 bridgehead atoms. The molecule has 1 aromatic heterocycles. The second-order valence-electron chi connectivity index (χ2n) is 5.25. The van der Waals surface area contributed by atoms with E-state index in [9.17, 15) is 0 Å². The SMILES string of the molecule is S=C(NNc1ccc(Cl)nn1)N[C@@H]1C[C@@H]2CC[C@@H]1C2. The lowest BCUT2D eigenvalue weighted by molar-refractivity contribution is 0.390. The summed E-state index contributed by atoms with van der Waals surface area (Å²) in [5, 5.41) is 12.0. The maximum Gasteiger partial charge on any atom is 0.185 e. The van der Waals surface area contributed by atoms with E-state index in [1.807, 2.05) is 0 Å². The zero-order valence-electron chi connectivity index (χ0n) is 10.4. The quantitative estimate of drug-likeness (QED) is 0.587. The molecule has 3 N–H and O–H groups in total. The largest absolute Gasteiger partial charge is 0.358 e. The molecule has 0 spiro atoms. The number of aromatic nitrogens is 2. The second-order valence-corrected chi connectivity index (χ2v) is 6.04. The molecule has 2 fully saturated rings. The van der Waals surface area contributed by atoms with Crippen LogP contribution in [0.3, 0.4) is 0 Å². The van der Waals surface area contributed by atoms with Gasteiger partial charge in [0.2, 0.25) is 0 Å². The Kier molecular flexibility index (Phi) is 3.70. The highest BCUT2D eigenvalue weighted by Crippen LogP contribution is 2.44. The highest BCUT2D eigenvalue weighted by atomic mass is 35.5. The van der Waals surface area contributed by atoms with Crippen molar-refractivity contribution in [1.82, 2.24) is 20.9 Å². The molecule has 2 aliphatic rings. The maximum atomic E-state index is 5.66. The van der Waals surface area contributed by atoms with Gasteiger partial charge in [0.25, 0.3) is 0 Å². The van der Waals surface area contributed by atoms with E-state index in [-0.39, 0.29) is 0 Å². The summed E-state index contributed by atoms with van der Waals surface area (Å²) < 4.78 is 0. The van der Waals surface area contributed by atoms with Gasteiger partial charge in [-0.1, -0.05) is 18.0 Å². The van der Waals surface area contributed by atoms with Crippen molar-refractivity contribution < 1.29 is 0 Å². The van der Waals surface area contributed by atoms with E-state index in [0.29, 0.717) is 22.1 Å². The number of fused-ring (bicyclic) bond motifs is 2. The summed E-state index contributed by atoms with van der Waals surface area (Å²) >= 11 is 10.9. The van der Waals surface area contributed by atoms with Crippen LogP contribution in [0.15, 0.2) is 12.1 Å². The van der Waals surface area contributed by atoms with Crippen LogP contribution >= 0.6 is 23.8 Å². The van der Waals surface area contributed by atoms with Gasteiger partial charge in [0.05, 0.1) is 0 Å². The first kappa shape index (κ1) is 12.9. The Labute approximate surface area is 122 Å². The molecule has 3 rings (SSSR count). The van der Waals surface area contributed by atoms with Crippen LogP contribution < -0.4 is 16.2 Å². The van der Waals surface area contributed by atoms with Crippen molar-refractivity contribution in [2.45, 2.75) is 31.7 Å². The number of halogens is 1. The molecule has 1 aromatic rings. The van der Waals surface area contributed by atoms with Crippen molar-refractivity contribution in [3.05, 3.63) is 17.3 Å². The lowest BCUT2D eigenvalue weighted by atomic mass is 9.96. The Bertz CT molecular complexity index is 466. The first-order valence-electron chi connectivity index (χ1n) is 6.52. The van der Waals surface area contributed by atoms with E-state index in [0.717, 1.165) is 11.8 Å². The standard InChI is InChI=1S/C12H16ClN5S/c13-10-3-4-11(16-15-10)17-18-12(19)14-9-6-7-1-2-8(9)5-7/h3-4,7-9H,1-2,5-6H2,(H,16,17)(H2,14,18,19)/t7-,8-,9-/m1/s1. The van der Waals surface area contributed by atoms with Gasteiger partial charge in [0, 0.05) is 6.04 Å². The Morgan fingerprint density at radius 3 is 2.79 bits per heavy atom. The lowest BCUT2D eigenvalue weighted by Crippen LogP contribution is -2.46. The van der Waals surface area contributed by atoms with Gasteiger partial charge in [0.15, 0.2) is 16.1 Å². The van der Waals surface area contributed by atoms with Crippen LogP contribution in [0.2, 0.25) is 5.15 Å². The van der Waals surface area contributed by atoms with Crippen molar-refractivity contribution >= 4 is 34.7 Å². The molecule has 0 saturated heterocycles. The molecule has 1 heterocycles. The van der Waals surface area contributed by atoms with Crippen LogP contribution in [-0.4, -0.2) is 21.4 Å². The normalized spacial score (nSPS) is 28.2. The van der Waals surface area contributed by atoms with E-state index >= 15 is 0 Å². The van der Waals surface area contributed by atoms with Crippen molar-refractivity contribution in [3.8, 4) is 0 Å². The molecular weight excluding hydrogens is 282 g/mol. The van der Waals surface area contributed by atoms with Crippen LogP contribution in [-0.2, 0) is 0 Å². The smallest absolute Gasteiger partial charge is 0.185 e. The molecule has 2 saturated carbocycles. The van der Waals surface area contributed by atoms with Gasteiger partial charge < -0.3 is 5.32 Å². The molecule has 0 aliphatic heterocycles. The fraction of sp³-hybridized carbons (Fsp3) is 0.583. The molecule has 0 radical (unpaired) electrons. The number of hydrazine groups is 1. The number of hydrogen-bond donors (Lipinski definition) is 3. The Hall–Kier alpha value is -1.14. The van der Waals surface area contributed by atoms with E-state index in [2.05, 4.69) is 26.4 Å². The highest BCUT2D eigenvalue weighted by Gasteiger charge is 2.39. The Balaban J connectivity index is 1.45. The number of thiocarbonyl (C=S) groups is 1. The minimum absolute atomic E-state index is 0.369. The van der Waals surface area contributed by atoms with Crippen molar-refractivity contribution in [3.63, 3.8) is 0 Å². The van der Waals surface area contributed by atoms with Gasteiger partial charge in [-0.25, -0.2) is 0 Å². The minimum Gasteiger partial charge on any atom is -0.358 e. The fourth-order valence-corrected chi connectivity index (χ4v) is 3.43. The molecule has 102 valence electrons. The third-order valence-corrected chi connectivity index (χ3v) is 4.41. The maximum absolute atomic E-state index is 5.66. The number of nitrogens with one attached hydrogen (secondary N) is 3. The van der Waals surface area contributed by atoms with Gasteiger partial charge in [-0.2, -0.15) is 0 Å². The van der Waals surface area contributed by atoms with E-state index in [1.54, 1.807) is 12.1 Å². The van der Waals surface area contributed by atoms with Crippen LogP contribution in [0.4, 0.5) is 5.82 Å². The molecule has 0 amide bonds. The third kappa shape index (κ3) is 3.06.